The normalized spacial score (nSPS) is 11.7. The summed E-state index contributed by atoms with van der Waals surface area (Å²) in [5, 5.41) is 2.82. The number of unbranched alkanes of at least 4 members (excludes halogenated alkanes) is 16. The van der Waals surface area contributed by atoms with E-state index in [9.17, 15) is 0 Å². The summed E-state index contributed by atoms with van der Waals surface area (Å²) >= 11 is 0. The highest BCUT2D eigenvalue weighted by Gasteiger charge is 2.00. The lowest BCUT2D eigenvalue weighted by molar-refractivity contribution is 0.550. The van der Waals surface area contributed by atoms with Crippen molar-refractivity contribution in [3.8, 4) is 0 Å². The Morgan fingerprint density at radius 3 is 1.62 bits per heavy atom. The van der Waals surface area contributed by atoms with Gasteiger partial charge in [0.15, 0.2) is 0 Å². The van der Waals surface area contributed by atoms with Crippen LogP contribution in [0.1, 0.15) is 128 Å². The first-order chi connectivity index (χ1) is 15.9. The molecule has 2 rings (SSSR count). The molecule has 0 heteroatoms. The molecule has 0 fully saturated rings. The van der Waals surface area contributed by atoms with Crippen LogP contribution >= 0.6 is 0 Å². The highest BCUT2D eigenvalue weighted by Crippen LogP contribution is 2.21. The Balaban J connectivity index is 1.33. The van der Waals surface area contributed by atoms with Crippen molar-refractivity contribution in [3.05, 3.63) is 60.2 Å². The Morgan fingerprint density at radius 1 is 0.500 bits per heavy atom. The molecular weight excluding hydrogens is 384 g/mol. The molecule has 2 aromatic rings. The Morgan fingerprint density at radius 2 is 1.00 bits per heavy atom. The molecule has 0 spiro atoms. The molecule has 0 nitrogen and oxygen atoms in total. The van der Waals surface area contributed by atoms with Crippen LogP contribution in [0, 0.1) is 0 Å². The van der Waals surface area contributed by atoms with Crippen LogP contribution in [0.2, 0.25) is 0 Å². The van der Waals surface area contributed by atoms with Gasteiger partial charge in [0, 0.05) is 0 Å². The summed E-state index contributed by atoms with van der Waals surface area (Å²) in [5.41, 5.74) is 1.52. The molecule has 0 saturated heterocycles. The minimum atomic E-state index is 1.22. The van der Waals surface area contributed by atoms with Gasteiger partial charge >= 0.3 is 0 Å². The van der Waals surface area contributed by atoms with Crippen LogP contribution in [-0.2, 0) is 6.42 Å². The molecule has 0 aromatic heterocycles. The number of allylic oxidation sites excluding steroid dienone is 2. The predicted octanol–water partition coefficient (Wildman–Crippen LogP) is 11.0. The Kier molecular flexibility index (Phi) is 15.8. The standard InChI is InChI=1S/C32H50/c1-2-3-4-5-6-7-8-9-10-11-12-13-14-15-16-17-18-19-20-21-25-30-27-24-28-31-26-22-23-29-32(30)31/h14-15,22-24,26-29H,2-13,16-21,25H2,1H3/b15-14+. The molecule has 0 aliphatic carbocycles. The van der Waals surface area contributed by atoms with Gasteiger partial charge in [0.05, 0.1) is 0 Å². The predicted molar refractivity (Wildman–Crippen MR) is 146 cm³/mol. The summed E-state index contributed by atoms with van der Waals surface area (Å²) in [7, 11) is 0. The Labute approximate surface area is 199 Å². The van der Waals surface area contributed by atoms with Crippen LogP contribution in [0.5, 0.6) is 0 Å². The number of hydrogen-bond donors (Lipinski definition) is 0. The third-order valence-electron chi connectivity index (χ3n) is 6.84. The van der Waals surface area contributed by atoms with Gasteiger partial charge in [-0.25, -0.2) is 0 Å². The van der Waals surface area contributed by atoms with Gasteiger partial charge in [-0.05, 0) is 54.9 Å². The van der Waals surface area contributed by atoms with Crippen LogP contribution in [0.25, 0.3) is 10.8 Å². The topological polar surface area (TPSA) is 0 Å². The van der Waals surface area contributed by atoms with Crippen molar-refractivity contribution in [1.82, 2.24) is 0 Å². The molecule has 0 amide bonds. The summed E-state index contributed by atoms with van der Waals surface area (Å²) < 4.78 is 0. The fourth-order valence-electron chi connectivity index (χ4n) is 4.78. The quantitative estimate of drug-likeness (QED) is 0.143. The van der Waals surface area contributed by atoms with E-state index in [0.717, 1.165) is 0 Å². The van der Waals surface area contributed by atoms with Crippen molar-refractivity contribution in [2.24, 2.45) is 0 Å². The maximum absolute atomic E-state index is 2.44. The lowest BCUT2D eigenvalue weighted by atomic mass is 9.99. The van der Waals surface area contributed by atoms with E-state index in [4.69, 9.17) is 0 Å². The summed E-state index contributed by atoms with van der Waals surface area (Å²) in [5.74, 6) is 0. The molecule has 0 aliphatic rings. The number of hydrogen-bond acceptors (Lipinski definition) is 0. The zero-order valence-electron chi connectivity index (χ0n) is 21.1. The molecule has 0 aliphatic heterocycles. The zero-order chi connectivity index (χ0) is 22.5. The van der Waals surface area contributed by atoms with Crippen molar-refractivity contribution in [1.29, 1.82) is 0 Å². The highest BCUT2D eigenvalue weighted by molar-refractivity contribution is 5.85. The first-order valence-corrected chi connectivity index (χ1v) is 14.0. The molecular formula is C32H50. The lowest BCUT2D eigenvalue weighted by Crippen LogP contribution is -1.88. The summed E-state index contributed by atoms with van der Waals surface area (Å²) in [6, 6.07) is 15.5. The average Bonchev–Trinajstić information content (AvgIpc) is 2.83. The smallest absolute Gasteiger partial charge is 0.0152 e. The van der Waals surface area contributed by atoms with Crippen molar-refractivity contribution in [2.45, 2.75) is 129 Å². The molecule has 0 N–H and O–H groups in total. The van der Waals surface area contributed by atoms with E-state index in [-0.39, 0.29) is 0 Å². The Bertz CT molecular complexity index is 706. The molecule has 32 heavy (non-hydrogen) atoms. The summed E-state index contributed by atoms with van der Waals surface area (Å²) in [6.07, 6.45) is 31.3. The minimum absolute atomic E-state index is 1.22. The average molecular weight is 435 g/mol. The van der Waals surface area contributed by atoms with E-state index in [1.165, 1.54) is 138 Å². The minimum Gasteiger partial charge on any atom is -0.0885 e. The van der Waals surface area contributed by atoms with E-state index >= 15 is 0 Å². The second kappa shape index (κ2) is 19.0. The fourth-order valence-corrected chi connectivity index (χ4v) is 4.78. The van der Waals surface area contributed by atoms with E-state index in [1.807, 2.05) is 0 Å². The first kappa shape index (κ1) is 26.7. The number of aryl methyl sites for hydroxylation is 1. The van der Waals surface area contributed by atoms with Crippen LogP contribution in [0.4, 0.5) is 0 Å². The first-order valence-electron chi connectivity index (χ1n) is 14.0. The fraction of sp³-hybridized carbons (Fsp3) is 0.625. The Hall–Kier alpha value is -1.56. The monoisotopic (exact) mass is 434 g/mol. The van der Waals surface area contributed by atoms with Gasteiger partial charge in [0.2, 0.25) is 0 Å². The van der Waals surface area contributed by atoms with E-state index in [2.05, 4.69) is 61.5 Å². The molecule has 0 unspecified atom stereocenters. The van der Waals surface area contributed by atoms with Gasteiger partial charge < -0.3 is 0 Å². The number of rotatable bonds is 20. The molecule has 0 heterocycles. The van der Waals surface area contributed by atoms with Crippen molar-refractivity contribution in [3.63, 3.8) is 0 Å². The maximum Gasteiger partial charge on any atom is -0.0152 e. The second-order valence-electron chi connectivity index (χ2n) is 9.74. The number of benzene rings is 2. The van der Waals surface area contributed by atoms with Crippen molar-refractivity contribution < 1.29 is 0 Å². The van der Waals surface area contributed by atoms with Gasteiger partial charge in [0.1, 0.15) is 0 Å². The third-order valence-corrected chi connectivity index (χ3v) is 6.84. The van der Waals surface area contributed by atoms with E-state index in [1.54, 1.807) is 0 Å². The van der Waals surface area contributed by atoms with E-state index in [0.29, 0.717) is 0 Å². The largest absolute Gasteiger partial charge is 0.0885 e. The molecule has 0 radical (unpaired) electrons. The summed E-state index contributed by atoms with van der Waals surface area (Å²) in [6.45, 7) is 2.30. The van der Waals surface area contributed by atoms with Crippen LogP contribution in [0.15, 0.2) is 54.6 Å². The summed E-state index contributed by atoms with van der Waals surface area (Å²) in [4.78, 5) is 0. The lowest BCUT2D eigenvalue weighted by Gasteiger charge is -2.06. The maximum atomic E-state index is 2.44. The van der Waals surface area contributed by atoms with Crippen LogP contribution < -0.4 is 0 Å². The SMILES string of the molecule is CCCCCCCCCCCCC/C=C/CCCCCCCc1cccc2ccccc12. The highest BCUT2D eigenvalue weighted by atomic mass is 14.0. The zero-order valence-corrected chi connectivity index (χ0v) is 21.1. The van der Waals surface area contributed by atoms with Crippen molar-refractivity contribution in [2.75, 3.05) is 0 Å². The molecule has 0 saturated carbocycles. The van der Waals surface area contributed by atoms with Gasteiger partial charge in [0.25, 0.3) is 0 Å². The number of fused-ring (bicyclic) bond motifs is 1. The van der Waals surface area contributed by atoms with Gasteiger partial charge in [-0.2, -0.15) is 0 Å². The van der Waals surface area contributed by atoms with Gasteiger partial charge in [-0.1, -0.05) is 145 Å². The third kappa shape index (κ3) is 12.5. The molecule has 0 atom stereocenters. The molecule has 178 valence electrons. The van der Waals surface area contributed by atoms with Crippen LogP contribution in [-0.4, -0.2) is 0 Å². The van der Waals surface area contributed by atoms with Gasteiger partial charge in [-0.15, -0.1) is 0 Å². The molecule has 0 bridgehead atoms. The molecule has 2 aromatic carbocycles. The second-order valence-corrected chi connectivity index (χ2v) is 9.74. The van der Waals surface area contributed by atoms with Crippen molar-refractivity contribution >= 4 is 10.8 Å². The van der Waals surface area contributed by atoms with Gasteiger partial charge in [-0.3, -0.25) is 0 Å². The van der Waals surface area contributed by atoms with E-state index < -0.39 is 0 Å². The van der Waals surface area contributed by atoms with Crippen LogP contribution in [0.3, 0.4) is 0 Å².